The fraction of sp³-hybridized carbons (Fsp3) is 1.00. The molecule has 0 radical (unpaired) electrons. The number of hydrogen-bond acceptors (Lipinski definition) is 0. The molecule has 0 fully saturated rings. The van der Waals surface area contributed by atoms with E-state index in [0.29, 0.717) is 6.42 Å². The molecular weight excluding hydrogens is 325 g/mol. The smallest absolute Gasteiger partial charge is 0.206 e. The Morgan fingerprint density at radius 2 is 1.05 bits per heavy atom. The summed E-state index contributed by atoms with van der Waals surface area (Å²) < 4.78 is 28.1. The van der Waals surface area contributed by atoms with Crippen molar-refractivity contribution in [2.75, 3.05) is 0 Å². The highest BCUT2D eigenvalue weighted by Crippen LogP contribution is 2.60. The molecule has 0 N–H and O–H groups in total. The van der Waals surface area contributed by atoms with Gasteiger partial charge in [-0.05, 0) is 17.3 Å². The summed E-state index contributed by atoms with van der Waals surface area (Å²) in [5.41, 5.74) is -2.57. The van der Waals surface area contributed by atoms with Gasteiger partial charge in [-0.3, -0.25) is 0 Å². The summed E-state index contributed by atoms with van der Waals surface area (Å²) in [4.78, 5) is 0. The Morgan fingerprint density at radius 3 is 1.32 bits per heavy atom. The number of alkyl halides is 4. The Kier molecular flexibility index (Phi) is 6.18. The van der Waals surface area contributed by atoms with Crippen LogP contribution in [-0.4, -0.2) is 10.3 Å². The van der Waals surface area contributed by atoms with Gasteiger partial charge in [0.2, 0.25) is 0 Å². The van der Waals surface area contributed by atoms with Crippen molar-refractivity contribution in [2.45, 2.75) is 92.3 Å². The van der Waals surface area contributed by atoms with Crippen molar-refractivity contribution < 1.29 is 8.78 Å². The predicted octanol–water partition coefficient (Wildman–Crippen LogP) is 7.72. The van der Waals surface area contributed by atoms with Gasteiger partial charge in [0.15, 0.2) is 0 Å². The molecule has 0 saturated carbocycles. The summed E-state index contributed by atoms with van der Waals surface area (Å²) in [7, 11) is 0. The molecule has 0 amide bonds. The quantitative estimate of drug-likeness (QED) is 0.441. The Hall–Kier alpha value is 0.440. The van der Waals surface area contributed by atoms with Crippen molar-refractivity contribution in [2.24, 2.45) is 21.7 Å². The van der Waals surface area contributed by atoms with Gasteiger partial charge >= 0.3 is 0 Å². The summed E-state index contributed by atoms with van der Waals surface area (Å²) in [5.74, 6) is -2.79. The van der Waals surface area contributed by atoms with Crippen molar-refractivity contribution >= 4 is 23.2 Å². The first-order valence-corrected chi connectivity index (χ1v) is 8.68. The third-order valence-corrected chi connectivity index (χ3v) is 6.33. The molecule has 0 unspecified atom stereocenters. The predicted molar refractivity (Wildman–Crippen MR) is 95.1 cm³/mol. The summed E-state index contributed by atoms with van der Waals surface area (Å²) >= 11 is 13.3. The number of rotatable bonds is 5. The maximum absolute atomic E-state index is 14.6. The average Bonchev–Trinajstić information content (AvgIpc) is 2.08. The van der Waals surface area contributed by atoms with Gasteiger partial charge in [0, 0.05) is 17.3 Å². The Labute approximate surface area is 146 Å². The molecule has 0 aromatic carbocycles. The van der Waals surface area contributed by atoms with Gasteiger partial charge in [-0.25, -0.2) is 8.78 Å². The Bertz CT molecular complexity index is 383. The largest absolute Gasteiger partial charge is 0.253 e. The molecule has 0 rings (SSSR count). The van der Waals surface area contributed by atoms with E-state index < -0.39 is 26.5 Å². The molecule has 0 aromatic heterocycles. The van der Waals surface area contributed by atoms with E-state index in [9.17, 15) is 8.78 Å². The fourth-order valence-electron chi connectivity index (χ4n) is 2.42. The molecule has 0 saturated heterocycles. The molecule has 22 heavy (non-hydrogen) atoms. The van der Waals surface area contributed by atoms with Crippen LogP contribution in [0.3, 0.4) is 0 Å². The zero-order valence-electron chi connectivity index (χ0n) is 15.9. The third kappa shape index (κ3) is 4.97. The minimum absolute atomic E-state index is 0.0800. The lowest BCUT2D eigenvalue weighted by Crippen LogP contribution is -2.51. The molecule has 0 heterocycles. The zero-order chi connectivity index (χ0) is 18.4. The lowest BCUT2D eigenvalue weighted by Gasteiger charge is -2.52. The molecule has 0 aliphatic heterocycles. The third-order valence-electron chi connectivity index (χ3n) is 5.12. The van der Waals surface area contributed by atoms with E-state index in [2.05, 4.69) is 20.8 Å². The van der Waals surface area contributed by atoms with Crippen LogP contribution in [0.15, 0.2) is 0 Å². The monoisotopic (exact) mass is 358 g/mol. The average molecular weight is 359 g/mol. The zero-order valence-corrected chi connectivity index (χ0v) is 17.4. The van der Waals surface area contributed by atoms with Gasteiger partial charge in [-0.15, -0.1) is 23.2 Å². The minimum atomic E-state index is -2.79. The number of hydrogen-bond donors (Lipinski definition) is 0. The second kappa shape index (κ2) is 6.06. The van der Waals surface area contributed by atoms with Crippen molar-refractivity contribution in [1.82, 2.24) is 0 Å². The molecule has 0 spiro atoms. The standard InChI is InChI=1S/C18H34Cl2F2/c1-13(2,3)11-17(19,20)16(9,10)15(7,8)12-18(21,22)14(4,5)6/h11-12H2,1-10H3. The molecule has 4 heteroatoms. The lowest BCUT2D eigenvalue weighted by atomic mass is 9.59. The highest BCUT2D eigenvalue weighted by atomic mass is 35.5. The van der Waals surface area contributed by atoms with Crippen molar-refractivity contribution in [3.63, 3.8) is 0 Å². The van der Waals surface area contributed by atoms with Gasteiger partial charge in [0.1, 0.15) is 4.33 Å². The molecule has 0 nitrogen and oxygen atoms in total. The van der Waals surface area contributed by atoms with E-state index in [-0.39, 0.29) is 11.8 Å². The SMILES string of the molecule is CC(C)(C)CC(Cl)(Cl)C(C)(C)C(C)(C)CC(F)(F)C(C)(C)C. The molecule has 0 bridgehead atoms. The number of halogens is 4. The van der Waals surface area contributed by atoms with Crippen LogP contribution < -0.4 is 0 Å². The maximum atomic E-state index is 14.6. The van der Waals surface area contributed by atoms with Gasteiger partial charge in [-0.1, -0.05) is 69.2 Å². The Morgan fingerprint density at radius 1 is 0.682 bits per heavy atom. The Balaban J connectivity index is 5.59. The summed E-state index contributed by atoms with van der Waals surface area (Å²) in [5, 5.41) is 0. The first-order chi connectivity index (χ1) is 9.16. The normalized spacial score (nSPS) is 16.1. The topological polar surface area (TPSA) is 0 Å². The molecule has 0 aliphatic rings. The molecule has 0 aromatic rings. The van der Waals surface area contributed by atoms with Crippen LogP contribution in [0.4, 0.5) is 8.78 Å². The van der Waals surface area contributed by atoms with E-state index in [1.807, 2.05) is 27.7 Å². The van der Waals surface area contributed by atoms with Crippen LogP contribution in [0.2, 0.25) is 0 Å². The molecule has 134 valence electrons. The van der Waals surface area contributed by atoms with E-state index in [4.69, 9.17) is 23.2 Å². The second-order valence-electron chi connectivity index (χ2n) is 10.1. The van der Waals surface area contributed by atoms with Crippen LogP contribution in [0.25, 0.3) is 0 Å². The molecular formula is C18H34Cl2F2. The summed E-state index contributed by atoms with van der Waals surface area (Å²) in [6.07, 6.45) is 0.294. The fourth-order valence-corrected chi connectivity index (χ4v) is 3.74. The van der Waals surface area contributed by atoms with Crippen molar-refractivity contribution in [1.29, 1.82) is 0 Å². The lowest BCUT2D eigenvalue weighted by molar-refractivity contribution is -0.142. The van der Waals surface area contributed by atoms with Crippen LogP contribution in [-0.2, 0) is 0 Å². The van der Waals surface area contributed by atoms with Crippen LogP contribution in [0.5, 0.6) is 0 Å². The first-order valence-electron chi connectivity index (χ1n) is 7.92. The highest BCUT2D eigenvalue weighted by Gasteiger charge is 2.57. The molecule has 0 aliphatic carbocycles. The minimum Gasteiger partial charge on any atom is -0.206 e. The van der Waals surface area contributed by atoms with E-state index in [0.717, 1.165) is 0 Å². The summed E-state index contributed by atoms with van der Waals surface area (Å²) in [6.45, 7) is 18.4. The van der Waals surface area contributed by atoms with Gasteiger partial charge in [0.25, 0.3) is 5.92 Å². The van der Waals surface area contributed by atoms with Gasteiger partial charge in [0.05, 0.1) is 0 Å². The van der Waals surface area contributed by atoms with Gasteiger partial charge in [-0.2, -0.15) is 0 Å². The van der Waals surface area contributed by atoms with Crippen molar-refractivity contribution in [3.8, 4) is 0 Å². The maximum Gasteiger partial charge on any atom is 0.253 e. The van der Waals surface area contributed by atoms with E-state index in [1.165, 1.54) is 0 Å². The van der Waals surface area contributed by atoms with E-state index in [1.54, 1.807) is 20.8 Å². The first kappa shape index (κ1) is 22.4. The second-order valence-corrected chi connectivity index (χ2v) is 11.6. The van der Waals surface area contributed by atoms with Crippen LogP contribution in [0, 0.1) is 21.7 Å². The van der Waals surface area contributed by atoms with Crippen LogP contribution in [0.1, 0.15) is 82.1 Å². The highest BCUT2D eigenvalue weighted by molar-refractivity contribution is 6.49. The van der Waals surface area contributed by atoms with E-state index >= 15 is 0 Å². The summed E-state index contributed by atoms with van der Waals surface area (Å²) in [6, 6.07) is 0. The molecule has 0 atom stereocenters. The van der Waals surface area contributed by atoms with Gasteiger partial charge < -0.3 is 0 Å². The van der Waals surface area contributed by atoms with Crippen molar-refractivity contribution in [3.05, 3.63) is 0 Å². The van der Waals surface area contributed by atoms with Crippen LogP contribution >= 0.6 is 23.2 Å².